The first kappa shape index (κ1) is 22.6. The topological polar surface area (TPSA) is 98.0 Å². The van der Waals surface area contributed by atoms with Crippen molar-refractivity contribution in [3.8, 4) is 17.2 Å². The fourth-order valence-electron chi connectivity index (χ4n) is 3.79. The van der Waals surface area contributed by atoms with Gasteiger partial charge in [-0.05, 0) is 30.3 Å². The standard InChI is InChI=1S/C23H27ClN6O3/c1-31-16-6-4-15(5-7-16)29-8-10-30(11-9-29)23-21(25)22(26-14-27-23)28-18-12-17(24)19(32-2)13-20(18)33-3/h4-7,12-14H,8-11,25H2,1-3H3,(H,26,27,28). The Balaban J connectivity index is 1.49. The molecule has 0 radical (unpaired) electrons. The highest BCUT2D eigenvalue weighted by molar-refractivity contribution is 6.32. The van der Waals surface area contributed by atoms with Gasteiger partial charge in [0.05, 0.1) is 32.0 Å². The third-order valence-corrected chi connectivity index (χ3v) is 5.90. The van der Waals surface area contributed by atoms with Gasteiger partial charge in [0.25, 0.3) is 0 Å². The van der Waals surface area contributed by atoms with Crippen LogP contribution in [0.5, 0.6) is 17.2 Å². The lowest BCUT2D eigenvalue weighted by Crippen LogP contribution is -2.47. The summed E-state index contributed by atoms with van der Waals surface area (Å²) in [6, 6.07) is 11.5. The number of anilines is 5. The Morgan fingerprint density at radius 1 is 0.879 bits per heavy atom. The second kappa shape index (κ2) is 9.91. The number of methoxy groups -OCH3 is 3. The van der Waals surface area contributed by atoms with E-state index in [0.717, 1.165) is 37.6 Å². The molecule has 174 valence electrons. The van der Waals surface area contributed by atoms with Crippen LogP contribution >= 0.6 is 11.6 Å². The highest BCUT2D eigenvalue weighted by Gasteiger charge is 2.22. The number of nitrogens with zero attached hydrogens (tertiary/aromatic N) is 4. The van der Waals surface area contributed by atoms with E-state index in [1.807, 2.05) is 12.1 Å². The number of piperazine rings is 1. The number of nitrogens with two attached hydrogens (primary N) is 1. The summed E-state index contributed by atoms with van der Waals surface area (Å²) >= 11 is 6.29. The van der Waals surface area contributed by atoms with E-state index >= 15 is 0 Å². The number of nitrogens with one attached hydrogen (secondary N) is 1. The average Bonchev–Trinajstić information content (AvgIpc) is 2.86. The molecule has 0 aliphatic carbocycles. The number of aromatic nitrogens is 2. The Morgan fingerprint density at radius 2 is 1.55 bits per heavy atom. The molecule has 0 bridgehead atoms. The molecule has 3 N–H and O–H groups in total. The lowest BCUT2D eigenvalue weighted by atomic mass is 10.2. The molecule has 0 saturated carbocycles. The van der Waals surface area contributed by atoms with Crippen molar-refractivity contribution in [1.29, 1.82) is 0 Å². The fourth-order valence-corrected chi connectivity index (χ4v) is 4.03. The largest absolute Gasteiger partial charge is 0.497 e. The van der Waals surface area contributed by atoms with Gasteiger partial charge in [-0.1, -0.05) is 11.6 Å². The van der Waals surface area contributed by atoms with Gasteiger partial charge in [-0.15, -0.1) is 0 Å². The summed E-state index contributed by atoms with van der Waals surface area (Å²) < 4.78 is 16.0. The van der Waals surface area contributed by atoms with Gasteiger partial charge in [-0.2, -0.15) is 0 Å². The molecule has 0 amide bonds. The minimum absolute atomic E-state index is 0.448. The molecule has 1 aliphatic rings. The quantitative estimate of drug-likeness (QED) is 0.534. The maximum absolute atomic E-state index is 6.47. The summed E-state index contributed by atoms with van der Waals surface area (Å²) in [6.45, 7) is 3.26. The minimum atomic E-state index is 0.448. The number of hydrogen-bond acceptors (Lipinski definition) is 9. The van der Waals surface area contributed by atoms with Crippen LogP contribution in [-0.2, 0) is 0 Å². The maximum Gasteiger partial charge on any atom is 0.159 e. The average molecular weight is 471 g/mol. The van der Waals surface area contributed by atoms with Gasteiger partial charge in [0.2, 0.25) is 0 Å². The Bertz CT molecular complexity index is 1100. The van der Waals surface area contributed by atoms with Crippen molar-refractivity contribution in [1.82, 2.24) is 9.97 Å². The first-order valence-corrected chi connectivity index (χ1v) is 10.8. The molecular formula is C23H27ClN6O3. The second-order valence-corrected chi connectivity index (χ2v) is 7.85. The van der Waals surface area contributed by atoms with Crippen LogP contribution in [0.15, 0.2) is 42.7 Å². The molecule has 2 heterocycles. The van der Waals surface area contributed by atoms with Crippen molar-refractivity contribution >= 4 is 40.3 Å². The molecule has 2 aromatic carbocycles. The summed E-state index contributed by atoms with van der Waals surface area (Å²) in [5.74, 6) is 3.10. The van der Waals surface area contributed by atoms with Gasteiger partial charge < -0.3 is 35.1 Å². The van der Waals surface area contributed by atoms with Crippen molar-refractivity contribution in [2.75, 3.05) is 68.4 Å². The number of hydrogen-bond donors (Lipinski definition) is 2. The van der Waals surface area contributed by atoms with Crippen LogP contribution in [0.25, 0.3) is 0 Å². The smallest absolute Gasteiger partial charge is 0.159 e. The summed E-state index contributed by atoms with van der Waals surface area (Å²) in [7, 11) is 4.80. The van der Waals surface area contributed by atoms with E-state index in [1.54, 1.807) is 33.5 Å². The van der Waals surface area contributed by atoms with Gasteiger partial charge in [0.1, 0.15) is 29.3 Å². The Kier molecular flexibility index (Phi) is 6.79. The minimum Gasteiger partial charge on any atom is -0.497 e. The van der Waals surface area contributed by atoms with Crippen LogP contribution in [0.2, 0.25) is 5.02 Å². The number of benzene rings is 2. The number of ether oxygens (including phenoxy) is 3. The molecular weight excluding hydrogens is 444 g/mol. The van der Waals surface area contributed by atoms with Crippen LogP contribution in [0.3, 0.4) is 0 Å². The number of rotatable bonds is 7. The SMILES string of the molecule is COc1ccc(N2CCN(c3ncnc(Nc4cc(Cl)c(OC)cc4OC)c3N)CC2)cc1. The zero-order valence-corrected chi connectivity index (χ0v) is 19.6. The lowest BCUT2D eigenvalue weighted by Gasteiger charge is -2.37. The van der Waals surface area contributed by atoms with Crippen LogP contribution in [-0.4, -0.2) is 57.5 Å². The van der Waals surface area contributed by atoms with Gasteiger partial charge in [0.15, 0.2) is 11.6 Å². The summed E-state index contributed by atoms with van der Waals surface area (Å²) in [4.78, 5) is 13.3. The van der Waals surface area contributed by atoms with Gasteiger partial charge in [-0.25, -0.2) is 9.97 Å². The van der Waals surface area contributed by atoms with E-state index in [0.29, 0.717) is 39.5 Å². The zero-order chi connectivity index (χ0) is 23.4. The molecule has 9 nitrogen and oxygen atoms in total. The molecule has 1 fully saturated rings. The Labute approximate surface area is 198 Å². The Morgan fingerprint density at radius 3 is 2.18 bits per heavy atom. The normalized spacial score (nSPS) is 13.6. The molecule has 0 atom stereocenters. The first-order chi connectivity index (χ1) is 16.0. The highest BCUT2D eigenvalue weighted by atomic mass is 35.5. The monoisotopic (exact) mass is 470 g/mol. The van der Waals surface area contributed by atoms with E-state index in [4.69, 9.17) is 31.5 Å². The molecule has 1 aliphatic heterocycles. The van der Waals surface area contributed by atoms with Gasteiger partial charge >= 0.3 is 0 Å². The summed E-state index contributed by atoms with van der Waals surface area (Å²) in [6.07, 6.45) is 1.50. The second-order valence-electron chi connectivity index (χ2n) is 7.44. The van der Waals surface area contributed by atoms with Crippen LogP contribution < -0.4 is 35.1 Å². The van der Waals surface area contributed by atoms with E-state index < -0.39 is 0 Å². The predicted molar refractivity (Wildman–Crippen MR) is 132 cm³/mol. The van der Waals surface area contributed by atoms with E-state index in [1.165, 1.54) is 6.33 Å². The van der Waals surface area contributed by atoms with E-state index in [2.05, 4.69) is 37.2 Å². The maximum atomic E-state index is 6.47. The first-order valence-electron chi connectivity index (χ1n) is 10.5. The lowest BCUT2D eigenvalue weighted by molar-refractivity contribution is 0.396. The molecule has 4 rings (SSSR count). The molecule has 0 unspecified atom stereocenters. The van der Waals surface area contributed by atoms with Crippen molar-refractivity contribution < 1.29 is 14.2 Å². The van der Waals surface area contributed by atoms with E-state index in [9.17, 15) is 0 Å². The number of halogens is 1. The predicted octanol–water partition coefficient (Wildman–Crippen LogP) is 3.81. The molecule has 0 spiro atoms. The van der Waals surface area contributed by atoms with Crippen LogP contribution in [0.1, 0.15) is 0 Å². The van der Waals surface area contributed by atoms with E-state index in [-0.39, 0.29) is 0 Å². The number of nitrogen functional groups attached to an aromatic ring is 1. The molecule has 1 saturated heterocycles. The summed E-state index contributed by atoms with van der Waals surface area (Å²) in [5, 5.41) is 3.67. The van der Waals surface area contributed by atoms with Crippen molar-refractivity contribution in [3.05, 3.63) is 47.7 Å². The van der Waals surface area contributed by atoms with Crippen molar-refractivity contribution in [2.24, 2.45) is 0 Å². The Hall–Kier alpha value is -3.59. The third-order valence-electron chi connectivity index (χ3n) is 5.61. The fraction of sp³-hybridized carbons (Fsp3) is 0.304. The van der Waals surface area contributed by atoms with Gasteiger partial charge in [-0.3, -0.25) is 0 Å². The molecule has 33 heavy (non-hydrogen) atoms. The summed E-state index contributed by atoms with van der Waals surface area (Å²) in [5.41, 5.74) is 8.73. The van der Waals surface area contributed by atoms with Crippen LogP contribution in [0.4, 0.5) is 28.7 Å². The van der Waals surface area contributed by atoms with Crippen molar-refractivity contribution in [3.63, 3.8) is 0 Å². The van der Waals surface area contributed by atoms with Crippen LogP contribution in [0, 0.1) is 0 Å². The molecule has 10 heteroatoms. The zero-order valence-electron chi connectivity index (χ0n) is 18.8. The van der Waals surface area contributed by atoms with Crippen molar-refractivity contribution in [2.45, 2.75) is 0 Å². The highest BCUT2D eigenvalue weighted by Crippen LogP contribution is 2.39. The van der Waals surface area contributed by atoms with Gasteiger partial charge in [0, 0.05) is 37.9 Å². The third kappa shape index (κ3) is 4.78. The molecule has 3 aromatic rings. The molecule has 1 aromatic heterocycles.